The zero-order valence-electron chi connectivity index (χ0n) is 14.0. The maximum atomic E-state index is 13.0. The molecule has 0 amide bonds. The summed E-state index contributed by atoms with van der Waals surface area (Å²) < 4.78 is 41.2. The summed E-state index contributed by atoms with van der Waals surface area (Å²) in [4.78, 5) is 0. The number of rotatable bonds is 3. The number of nitrogens with zero attached hydrogens (tertiary/aromatic N) is 8. The van der Waals surface area contributed by atoms with Crippen LogP contribution in [-0.2, 0) is 6.18 Å². The number of hydrogen-bond donors (Lipinski definition) is 0. The molecule has 0 spiro atoms. The highest BCUT2D eigenvalue weighted by molar-refractivity contribution is 7.99. The summed E-state index contributed by atoms with van der Waals surface area (Å²) in [5.41, 5.74) is 2.84. The maximum absolute atomic E-state index is 13.0. The molecule has 0 N–H and O–H groups in total. The van der Waals surface area contributed by atoms with E-state index in [4.69, 9.17) is 0 Å². The van der Waals surface area contributed by atoms with Gasteiger partial charge >= 0.3 is 6.18 Å². The number of aromatic nitrogens is 8. The van der Waals surface area contributed by atoms with Crippen molar-refractivity contribution in [3.05, 3.63) is 47.3 Å². The van der Waals surface area contributed by atoms with Crippen LogP contribution in [0.4, 0.5) is 13.2 Å². The van der Waals surface area contributed by atoms with Gasteiger partial charge in [0, 0.05) is 0 Å². The summed E-state index contributed by atoms with van der Waals surface area (Å²) in [6.07, 6.45) is -4.66. The molecule has 4 aromatic rings. The number of aryl methyl sites for hydroxylation is 1. The van der Waals surface area contributed by atoms with Gasteiger partial charge in [-0.3, -0.25) is 0 Å². The van der Waals surface area contributed by atoms with Gasteiger partial charge in [-0.25, -0.2) is 0 Å². The molecule has 0 fully saturated rings. The van der Waals surface area contributed by atoms with Gasteiger partial charge in [0.25, 0.3) is 5.82 Å². The van der Waals surface area contributed by atoms with E-state index in [2.05, 4.69) is 30.8 Å². The lowest BCUT2D eigenvalue weighted by atomic mass is 10.1. The standard InChI is InChI=1S/C15H11F3N8S/c1-8-4-3-5-10(9(8)2)25-14(21-23-24-25)27-12-7-6-11-19-20-13(15(16,17)18)26(11)22-12/h3-7H,1-2H3. The van der Waals surface area contributed by atoms with Crippen LogP contribution in [0.3, 0.4) is 0 Å². The highest BCUT2D eigenvalue weighted by Crippen LogP contribution is 2.30. The maximum Gasteiger partial charge on any atom is 0.453 e. The predicted octanol–water partition coefficient (Wildman–Crippen LogP) is 2.89. The second kappa shape index (κ2) is 6.30. The van der Waals surface area contributed by atoms with Crippen molar-refractivity contribution in [2.75, 3.05) is 0 Å². The van der Waals surface area contributed by atoms with Crippen LogP contribution < -0.4 is 0 Å². The van der Waals surface area contributed by atoms with Gasteiger partial charge in [0.2, 0.25) is 5.16 Å². The minimum atomic E-state index is -4.66. The molecule has 8 nitrogen and oxygen atoms in total. The molecule has 0 aliphatic carbocycles. The zero-order chi connectivity index (χ0) is 19.2. The Morgan fingerprint density at radius 1 is 1.00 bits per heavy atom. The van der Waals surface area contributed by atoms with Crippen LogP contribution >= 0.6 is 11.8 Å². The Hall–Kier alpha value is -3.02. The van der Waals surface area contributed by atoms with Crippen LogP contribution in [0.5, 0.6) is 0 Å². The van der Waals surface area contributed by atoms with Gasteiger partial charge in [-0.2, -0.15) is 27.5 Å². The van der Waals surface area contributed by atoms with E-state index < -0.39 is 12.0 Å². The average Bonchev–Trinajstić information content (AvgIpc) is 3.23. The largest absolute Gasteiger partial charge is 0.453 e. The molecule has 0 radical (unpaired) electrons. The molecule has 27 heavy (non-hydrogen) atoms. The Morgan fingerprint density at radius 3 is 2.59 bits per heavy atom. The first-order valence-corrected chi connectivity index (χ1v) is 8.49. The van der Waals surface area contributed by atoms with Crippen LogP contribution in [0, 0.1) is 13.8 Å². The lowest BCUT2D eigenvalue weighted by molar-refractivity contribution is -0.146. The zero-order valence-corrected chi connectivity index (χ0v) is 14.8. The molecule has 0 aliphatic rings. The van der Waals surface area contributed by atoms with E-state index in [1.807, 2.05) is 32.0 Å². The molecule has 4 rings (SSSR count). The third-order valence-corrected chi connectivity index (χ3v) is 4.80. The molecule has 0 unspecified atom stereocenters. The predicted molar refractivity (Wildman–Crippen MR) is 88.5 cm³/mol. The summed E-state index contributed by atoms with van der Waals surface area (Å²) in [6.45, 7) is 3.91. The number of tetrazole rings is 1. The number of fused-ring (bicyclic) bond motifs is 1. The number of benzene rings is 1. The van der Waals surface area contributed by atoms with E-state index in [1.165, 1.54) is 16.8 Å². The van der Waals surface area contributed by atoms with E-state index in [9.17, 15) is 13.2 Å². The summed E-state index contributed by atoms with van der Waals surface area (Å²) in [6, 6.07) is 8.66. The Kier molecular flexibility index (Phi) is 4.06. The van der Waals surface area contributed by atoms with Crippen LogP contribution in [0.2, 0.25) is 0 Å². The summed E-state index contributed by atoms with van der Waals surface area (Å²) in [5, 5.41) is 22.9. The van der Waals surface area contributed by atoms with Gasteiger partial charge < -0.3 is 0 Å². The summed E-state index contributed by atoms with van der Waals surface area (Å²) in [5.74, 6) is -1.19. The molecule has 0 aliphatic heterocycles. The quantitative estimate of drug-likeness (QED) is 0.530. The minimum Gasteiger partial charge on any atom is -0.188 e. The van der Waals surface area contributed by atoms with Crippen molar-refractivity contribution >= 4 is 17.4 Å². The molecule has 0 saturated heterocycles. The summed E-state index contributed by atoms with van der Waals surface area (Å²) in [7, 11) is 0. The van der Waals surface area contributed by atoms with Crippen molar-refractivity contribution in [2.45, 2.75) is 30.2 Å². The van der Waals surface area contributed by atoms with Crippen LogP contribution in [0.25, 0.3) is 11.3 Å². The van der Waals surface area contributed by atoms with E-state index in [1.54, 1.807) is 0 Å². The van der Waals surface area contributed by atoms with Crippen LogP contribution in [0.1, 0.15) is 17.0 Å². The normalized spacial score (nSPS) is 12.0. The highest BCUT2D eigenvalue weighted by Gasteiger charge is 2.37. The smallest absolute Gasteiger partial charge is 0.188 e. The van der Waals surface area contributed by atoms with E-state index in [-0.39, 0.29) is 10.7 Å². The fourth-order valence-corrected chi connectivity index (χ4v) is 3.20. The average molecular weight is 392 g/mol. The van der Waals surface area contributed by atoms with E-state index >= 15 is 0 Å². The highest BCUT2D eigenvalue weighted by atomic mass is 32.2. The van der Waals surface area contributed by atoms with Gasteiger partial charge in [-0.05, 0) is 65.4 Å². The van der Waals surface area contributed by atoms with Gasteiger partial charge in [0.1, 0.15) is 5.03 Å². The Morgan fingerprint density at radius 2 is 1.81 bits per heavy atom. The molecule has 3 heterocycles. The van der Waals surface area contributed by atoms with Crippen molar-refractivity contribution in [1.29, 1.82) is 0 Å². The molecule has 0 atom stereocenters. The molecule has 12 heteroatoms. The van der Waals surface area contributed by atoms with Crippen molar-refractivity contribution in [2.24, 2.45) is 0 Å². The topological polar surface area (TPSA) is 86.7 Å². The Bertz CT molecular complexity index is 1130. The molecule has 3 aromatic heterocycles. The van der Waals surface area contributed by atoms with Crippen molar-refractivity contribution in [1.82, 2.24) is 40.0 Å². The van der Waals surface area contributed by atoms with Crippen molar-refractivity contribution < 1.29 is 13.2 Å². The van der Waals surface area contributed by atoms with Gasteiger partial charge in [0.15, 0.2) is 5.65 Å². The molecule has 138 valence electrons. The van der Waals surface area contributed by atoms with Gasteiger partial charge in [0.05, 0.1) is 5.69 Å². The summed E-state index contributed by atoms with van der Waals surface area (Å²) >= 11 is 1.04. The molecule has 0 bridgehead atoms. The third kappa shape index (κ3) is 3.12. The molecular weight excluding hydrogens is 381 g/mol. The first-order chi connectivity index (χ1) is 12.8. The van der Waals surface area contributed by atoms with Crippen LogP contribution in [0.15, 0.2) is 40.5 Å². The number of alkyl halides is 3. The molecule has 1 aromatic carbocycles. The Balaban J connectivity index is 1.74. The van der Waals surface area contributed by atoms with Crippen LogP contribution in [-0.4, -0.2) is 40.0 Å². The van der Waals surface area contributed by atoms with Crippen molar-refractivity contribution in [3.8, 4) is 5.69 Å². The SMILES string of the molecule is Cc1cccc(-n2nnnc2Sc2ccc3nnc(C(F)(F)F)n3n2)c1C. The first kappa shape index (κ1) is 17.4. The number of hydrogen-bond acceptors (Lipinski definition) is 7. The van der Waals surface area contributed by atoms with Crippen molar-refractivity contribution in [3.63, 3.8) is 0 Å². The van der Waals surface area contributed by atoms with Gasteiger partial charge in [-0.1, -0.05) is 12.1 Å². The lowest BCUT2D eigenvalue weighted by Gasteiger charge is -2.09. The fraction of sp³-hybridized carbons (Fsp3) is 0.200. The first-order valence-electron chi connectivity index (χ1n) is 7.67. The second-order valence-corrected chi connectivity index (χ2v) is 6.64. The van der Waals surface area contributed by atoms with Gasteiger partial charge in [-0.15, -0.1) is 15.3 Å². The minimum absolute atomic E-state index is 0.000737. The lowest BCUT2D eigenvalue weighted by Crippen LogP contribution is -2.12. The van der Waals surface area contributed by atoms with E-state index in [0.29, 0.717) is 9.67 Å². The Labute approximate surface area is 154 Å². The molecular formula is C15H11F3N8S. The second-order valence-electron chi connectivity index (χ2n) is 5.66. The van der Waals surface area contributed by atoms with E-state index in [0.717, 1.165) is 28.6 Å². The third-order valence-electron chi connectivity index (χ3n) is 3.93. The fourth-order valence-electron chi connectivity index (χ4n) is 2.46. The molecule has 0 saturated carbocycles. The number of halogens is 3. The monoisotopic (exact) mass is 392 g/mol.